The second-order valence-electron chi connectivity index (χ2n) is 5.09. The van der Waals surface area contributed by atoms with Gasteiger partial charge in [-0.15, -0.1) is 0 Å². The van der Waals surface area contributed by atoms with Crippen LogP contribution >= 0.6 is 0 Å². The summed E-state index contributed by atoms with van der Waals surface area (Å²) in [6, 6.07) is 13.1. The van der Waals surface area contributed by atoms with Gasteiger partial charge in [0.25, 0.3) is 0 Å². The molecular weight excluding hydrogens is 234 g/mol. The first-order valence-corrected chi connectivity index (χ1v) is 6.80. The second kappa shape index (κ2) is 4.96. The Hall–Kier alpha value is -1.96. The molecule has 98 valence electrons. The Kier molecular flexibility index (Phi) is 3.16. The molecular formula is C17H19NO. The number of hydrogen-bond acceptors (Lipinski definition) is 2. The molecule has 1 N–H and O–H groups in total. The highest BCUT2D eigenvalue weighted by Crippen LogP contribution is 2.30. The fraction of sp³-hybridized carbons (Fsp3) is 0.294. The summed E-state index contributed by atoms with van der Waals surface area (Å²) in [6.45, 7) is 3.18. The van der Waals surface area contributed by atoms with Gasteiger partial charge >= 0.3 is 0 Å². The molecule has 0 atom stereocenters. The zero-order chi connectivity index (χ0) is 13.2. The number of ether oxygens (including phenoxy) is 1. The quantitative estimate of drug-likeness (QED) is 0.872. The van der Waals surface area contributed by atoms with Gasteiger partial charge in [0.05, 0.1) is 7.11 Å². The first-order valence-electron chi connectivity index (χ1n) is 6.80. The molecule has 2 aromatic carbocycles. The van der Waals surface area contributed by atoms with Crippen LogP contribution in [0.1, 0.15) is 17.5 Å². The molecule has 1 aliphatic rings. The van der Waals surface area contributed by atoms with Crippen molar-refractivity contribution in [2.75, 3.05) is 19.0 Å². The molecule has 0 spiro atoms. The van der Waals surface area contributed by atoms with Crippen molar-refractivity contribution in [3.63, 3.8) is 0 Å². The van der Waals surface area contributed by atoms with Crippen molar-refractivity contribution in [1.82, 2.24) is 0 Å². The van der Waals surface area contributed by atoms with E-state index >= 15 is 0 Å². The topological polar surface area (TPSA) is 21.3 Å². The molecule has 0 saturated carbocycles. The van der Waals surface area contributed by atoms with Crippen molar-refractivity contribution in [2.24, 2.45) is 0 Å². The largest absolute Gasteiger partial charge is 0.496 e. The van der Waals surface area contributed by atoms with Gasteiger partial charge in [0.2, 0.25) is 0 Å². The van der Waals surface area contributed by atoms with Crippen molar-refractivity contribution < 1.29 is 4.74 Å². The Balaban J connectivity index is 2.00. The molecule has 0 fully saturated rings. The maximum Gasteiger partial charge on any atom is 0.121 e. The molecule has 1 aliphatic heterocycles. The number of nitrogens with one attached hydrogen (secondary N) is 1. The molecule has 2 aromatic rings. The molecule has 1 heterocycles. The van der Waals surface area contributed by atoms with E-state index in [0.717, 1.165) is 12.3 Å². The highest BCUT2D eigenvalue weighted by atomic mass is 16.5. The summed E-state index contributed by atoms with van der Waals surface area (Å²) in [5, 5.41) is 3.45. The van der Waals surface area contributed by atoms with E-state index in [1.54, 1.807) is 7.11 Å². The Morgan fingerprint density at radius 1 is 1.05 bits per heavy atom. The van der Waals surface area contributed by atoms with Crippen LogP contribution in [-0.4, -0.2) is 13.7 Å². The predicted octanol–water partition coefficient (Wildman–Crippen LogP) is 4.03. The standard InChI is InChI=1S/C17H19NO/c1-12-10-13(6-8-17(12)19-2)14-5-7-16-15(11-14)4-3-9-18-16/h5-8,10-11,18H,3-4,9H2,1-2H3. The highest BCUT2D eigenvalue weighted by molar-refractivity contribution is 5.70. The molecule has 19 heavy (non-hydrogen) atoms. The van der Waals surface area contributed by atoms with Crippen molar-refractivity contribution >= 4 is 5.69 Å². The predicted molar refractivity (Wildman–Crippen MR) is 80.0 cm³/mol. The fourth-order valence-electron chi connectivity index (χ4n) is 2.71. The van der Waals surface area contributed by atoms with E-state index in [1.165, 1.54) is 40.8 Å². The minimum absolute atomic E-state index is 0.948. The van der Waals surface area contributed by atoms with E-state index in [1.807, 2.05) is 6.07 Å². The monoisotopic (exact) mass is 253 g/mol. The Bertz CT molecular complexity index is 604. The summed E-state index contributed by atoms with van der Waals surface area (Å²) in [7, 11) is 1.71. The van der Waals surface area contributed by atoms with Crippen LogP contribution < -0.4 is 10.1 Å². The second-order valence-corrected chi connectivity index (χ2v) is 5.09. The lowest BCUT2D eigenvalue weighted by Gasteiger charge is -2.19. The number of benzene rings is 2. The Morgan fingerprint density at radius 2 is 1.84 bits per heavy atom. The molecule has 0 unspecified atom stereocenters. The summed E-state index contributed by atoms with van der Waals surface area (Å²) in [5.74, 6) is 0.948. The number of hydrogen-bond donors (Lipinski definition) is 1. The van der Waals surface area contributed by atoms with E-state index in [9.17, 15) is 0 Å². The fourth-order valence-corrected chi connectivity index (χ4v) is 2.71. The average Bonchev–Trinajstić information content (AvgIpc) is 2.46. The third kappa shape index (κ3) is 2.30. The molecule has 0 aromatic heterocycles. The minimum atomic E-state index is 0.948. The number of methoxy groups -OCH3 is 1. The highest BCUT2D eigenvalue weighted by Gasteiger charge is 2.10. The van der Waals surface area contributed by atoms with Crippen LogP contribution in [0.2, 0.25) is 0 Å². The van der Waals surface area contributed by atoms with Gasteiger partial charge in [0, 0.05) is 12.2 Å². The van der Waals surface area contributed by atoms with Gasteiger partial charge in [-0.1, -0.05) is 12.1 Å². The van der Waals surface area contributed by atoms with Gasteiger partial charge in [0.1, 0.15) is 5.75 Å². The summed E-state index contributed by atoms with van der Waals surface area (Å²) >= 11 is 0. The summed E-state index contributed by atoms with van der Waals surface area (Å²) in [6.07, 6.45) is 2.39. The van der Waals surface area contributed by atoms with Crippen molar-refractivity contribution in [3.8, 4) is 16.9 Å². The molecule has 2 nitrogen and oxygen atoms in total. The summed E-state index contributed by atoms with van der Waals surface area (Å²) in [5.41, 5.74) is 6.44. The zero-order valence-corrected chi connectivity index (χ0v) is 11.5. The maximum atomic E-state index is 5.32. The molecule has 0 radical (unpaired) electrons. The maximum absolute atomic E-state index is 5.32. The molecule has 0 amide bonds. The van der Waals surface area contributed by atoms with Gasteiger partial charge in [-0.3, -0.25) is 0 Å². The van der Waals surface area contributed by atoms with Crippen molar-refractivity contribution in [3.05, 3.63) is 47.5 Å². The Morgan fingerprint density at radius 3 is 2.63 bits per heavy atom. The number of fused-ring (bicyclic) bond motifs is 1. The lowest BCUT2D eigenvalue weighted by molar-refractivity contribution is 0.412. The smallest absolute Gasteiger partial charge is 0.121 e. The van der Waals surface area contributed by atoms with Crippen LogP contribution in [0, 0.1) is 6.92 Å². The minimum Gasteiger partial charge on any atom is -0.496 e. The average molecular weight is 253 g/mol. The number of aryl methyl sites for hydroxylation is 2. The first kappa shape index (κ1) is 12.1. The van der Waals surface area contributed by atoms with Crippen LogP contribution in [0.3, 0.4) is 0 Å². The third-order valence-electron chi connectivity index (χ3n) is 3.77. The van der Waals surface area contributed by atoms with Crippen LogP contribution in [0.5, 0.6) is 5.75 Å². The van der Waals surface area contributed by atoms with Gasteiger partial charge < -0.3 is 10.1 Å². The normalized spacial score (nSPS) is 13.6. The van der Waals surface area contributed by atoms with Crippen LogP contribution in [0.15, 0.2) is 36.4 Å². The van der Waals surface area contributed by atoms with Gasteiger partial charge in [0.15, 0.2) is 0 Å². The summed E-state index contributed by atoms with van der Waals surface area (Å²) in [4.78, 5) is 0. The molecule has 0 saturated heterocycles. The third-order valence-corrected chi connectivity index (χ3v) is 3.77. The SMILES string of the molecule is COc1ccc(-c2ccc3c(c2)CCCN3)cc1C. The molecule has 3 rings (SSSR count). The van der Waals surface area contributed by atoms with E-state index in [4.69, 9.17) is 4.74 Å². The first-order chi connectivity index (χ1) is 9.28. The number of anilines is 1. The molecule has 0 aliphatic carbocycles. The number of rotatable bonds is 2. The summed E-state index contributed by atoms with van der Waals surface area (Å²) < 4.78 is 5.32. The van der Waals surface area contributed by atoms with Crippen molar-refractivity contribution in [2.45, 2.75) is 19.8 Å². The van der Waals surface area contributed by atoms with Crippen LogP contribution in [0.25, 0.3) is 11.1 Å². The van der Waals surface area contributed by atoms with Gasteiger partial charge in [-0.25, -0.2) is 0 Å². The molecule has 2 heteroatoms. The van der Waals surface area contributed by atoms with E-state index in [0.29, 0.717) is 0 Å². The van der Waals surface area contributed by atoms with E-state index < -0.39 is 0 Å². The lowest BCUT2D eigenvalue weighted by Crippen LogP contribution is -2.11. The van der Waals surface area contributed by atoms with Crippen LogP contribution in [-0.2, 0) is 6.42 Å². The zero-order valence-electron chi connectivity index (χ0n) is 11.5. The van der Waals surface area contributed by atoms with Gasteiger partial charge in [-0.05, 0) is 66.3 Å². The van der Waals surface area contributed by atoms with E-state index in [2.05, 4.69) is 42.6 Å². The van der Waals surface area contributed by atoms with Crippen molar-refractivity contribution in [1.29, 1.82) is 0 Å². The van der Waals surface area contributed by atoms with E-state index in [-0.39, 0.29) is 0 Å². The van der Waals surface area contributed by atoms with Crippen LogP contribution in [0.4, 0.5) is 5.69 Å². The Labute approximate surface area is 114 Å². The lowest BCUT2D eigenvalue weighted by atomic mass is 9.96. The molecule has 0 bridgehead atoms. The van der Waals surface area contributed by atoms with Gasteiger partial charge in [-0.2, -0.15) is 0 Å².